The van der Waals surface area contributed by atoms with Gasteiger partial charge in [0, 0.05) is 6.04 Å². The van der Waals surface area contributed by atoms with Crippen LogP contribution in [-0.4, -0.2) is 29.6 Å². The summed E-state index contributed by atoms with van der Waals surface area (Å²) in [6.45, 7) is 1.15. The maximum atomic E-state index is 9.96. The summed E-state index contributed by atoms with van der Waals surface area (Å²) in [4.78, 5) is 2.54. The van der Waals surface area contributed by atoms with Gasteiger partial charge in [0.15, 0.2) is 0 Å². The molecule has 3 atom stereocenters. The zero-order valence-electron chi connectivity index (χ0n) is 14.2. The quantitative estimate of drug-likeness (QED) is 0.793. The maximum Gasteiger partial charge on any atom is 0.115 e. The van der Waals surface area contributed by atoms with E-state index in [1.807, 2.05) is 12.1 Å². The molecule has 24 heavy (non-hydrogen) atoms. The molecule has 0 amide bonds. The molecule has 0 unspecified atom stereocenters. The highest BCUT2D eigenvalue weighted by Gasteiger charge is 2.46. The molecule has 1 saturated heterocycles. The molecule has 1 heterocycles. The average Bonchev–Trinajstić information content (AvgIpc) is 2.59. The van der Waals surface area contributed by atoms with E-state index >= 15 is 0 Å². The van der Waals surface area contributed by atoms with Gasteiger partial charge in [-0.1, -0.05) is 42.5 Å². The van der Waals surface area contributed by atoms with E-state index in [-0.39, 0.29) is 22.4 Å². The van der Waals surface area contributed by atoms with Crippen LogP contribution in [0.15, 0.2) is 54.6 Å². The number of halogens is 1. The van der Waals surface area contributed by atoms with Gasteiger partial charge in [0.2, 0.25) is 0 Å². The number of hydrogen-bond acceptors (Lipinski definition) is 2. The predicted molar refractivity (Wildman–Crippen MR) is 104 cm³/mol. The van der Waals surface area contributed by atoms with Crippen LogP contribution >= 0.6 is 17.0 Å². The number of likely N-dealkylation sites (tertiary alicyclic amines) is 1. The van der Waals surface area contributed by atoms with Crippen molar-refractivity contribution >= 4 is 17.0 Å². The van der Waals surface area contributed by atoms with Gasteiger partial charge in [-0.15, -0.1) is 17.0 Å². The van der Waals surface area contributed by atoms with Crippen molar-refractivity contribution in [3.05, 3.63) is 65.7 Å². The zero-order valence-corrected chi connectivity index (χ0v) is 15.9. The van der Waals surface area contributed by atoms with Gasteiger partial charge in [-0.2, -0.15) is 0 Å². The minimum atomic E-state index is 0. The first-order valence-electron chi connectivity index (χ1n) is 8.71. The predicted octanol–water partition coefficient (Wildman–Crippen LogP) is 4.88. The molecule has 2 nitrogen and oxygen atoms in total. The largest absolute Gasteiger partial charge is 0.508 e. The summed E-state index contributed by atoms with van der Waals surface area (Å²) in [7, 11) is 2.27. The Morgan fingerprint density at radius 2 is 1.83 bits per heavy atom. The molecule has 1 saturated carbocycles. The molecule has 1 N–H and O–H groups in total. The summed E-state index contributed by atoms with van der Waals surface area (Å²) in [5.74, 6) is 1.01. The molecule has 0 spiro atoms. The molecule has 128 valence electrons. The number of piperidine rings is 1. The average molecular weight is 388 g/mol. The Morgan fingerprint density at radius 3 is 2.58 bits per heavy atom. The molecule has 2 bridgehead atoms. The van der Waals surface area contributed by atoms with Crippen molar-refractivity contribution in [3.8, 4) is 5.75 Å². The van der Waals surface area contributed by atoms with Crippen LogP contribution in [-0.2, 0) is 5.41 Å². The Labute approximate surface area is 155 Å². The van der Waals surface area contributed by atoms with Gasteiger partial charge in [-0.25, -0.2) is 0 Å². The van der Waals surface area contributed by atoms with Gasteiger partial charge in [0.1, 0.15) is 5.75 Å². The highest BCUT2D eigenvalue weighted by Crippen LogP contribution is 2.51. The number of fused-ring (bicyclic) bond motifs is 2. The van der Waals surface area contributed by atoms with Crippen LogP contribution in [0.5, 0.6) is 5.75 Å². The highest BCUT2D eigenvalue weighted by atomic mass is 79.9. The Balaban J connectivity index is 0.00000169. The summed E-state index contributed by atoms with van der Waals surface area (Å²) < 4.78 is 0. The van der Waals surface area contributed by atoms with Gasteiger partial charge in [-0.05, 0) is 73.9 Å². The molecule has 2 aromatic carbocycles. The van der Waals surface area contributed by atoms with Crippen LogP contribution in [0.25, 0.3) is 0 Å². The van der Waals surface area contributed by atoms with Gasteiger partial charge in [0.25, 0.3) is 0 Å². The SMILES string of the molecule is Br.CN1CC[C@]2(c3cccc(O)c3)C[C@@H](c3ccccc3)C[C@@H]1C2. The fourth-order valence-corrected chi connectivity index (χ4v) is 4.81. The van der Waals surface area contributed by atoms with Crippen LogP contribution < -0.4 is 0 Å². The summed E-state index contributed by atoms with van der Waals surface area (Å²) in [5.41, 5.74) is 3.02. The molecular formula is C21H26BrNO. The Bertz CT molecular complexity index is 689. The lowest BCUT2D eigenvalue weighted by molar-refractivity contribution is 0.0604. The van der Waals surface area contributed by atoms with Crippen LogP contribution in [0.2, 0.25) is 0 Å². The fraction of sp³-hybridized carbons (Fsp3) is 0.429. The third-order valence-corrected chi connectivity index (χ3v) is 6.12. The minimum absolute atomic E-state index is 0. The van der Waals surface area contributed by atoms with Crippen molar-refractivity contribution < 1.29 is 5.11 Å². The van der Waals surface area contributed by atoms with E-state index in [1.165, 1.54) is 36.8 Å². The summed E-state index contributed by atoms with van der Waals surface area (Å²) >= 11 is 0. The number of phenolic OH excluding ortho intramolecular Hbond substituents is 1. The van der Waals surface area contributed by atoms with Crippen LogP contribution in [0.1, 0.15) is 42.7 Å². The molecule has 1 aliphatic carbocycles. The van der Waals surface area contributed by atoms with Gasteiger partial charge >= 0.3 is 0 Å². The topological polar surface area (TPSA) is 23.5 Å². The van der Waals surface area contributed by atoms with Gasteiger partial charge in [0.05, 0.1) is 0 Å². The normalized spacial score (nSPS) is 29.7. The van der Waals surface area contributed by atoms with Crippen molar-refractivity contribution in [2.75, 3.05) is 13.6 Å². The second-order valence-electron chi connectivity index (χ2n) is 7.47. The number of hydrogen-bond donors (Lipinski definition) is 1. The van der Waals surface area contributed by atoms with Crippen molar-refractivity contribution in [1.82, 2.24) is 4.90 Å². The van der Waals surface area contributed by atoms with Crippen molar-refractivity contribution in [2.45, 2.75) is 43.1 Å². The van der Waals surface area contributed by atoms with E-state index in [1.54, 1.807) is 6.07 Å². The molecule has 3 heteroatoms. The monoisotopic (exact) mass is 387 g/mol. The standard InChI is InChI=1S/C21H25NO.BrH/c1-22-11-10-21(18-8-5-9-20(23)13-18)14-17(12-19(22)15-21)16-6-3-2-4-7-16;/h2-9,13,17,19,23H,10-12,14-15H2,1H3;1H/t17-,19+,21-;/m0./s1. The van der Waals surface area contributed by atoms with E-state index < -0.39 is 0 Å². The number of rotatable bonds is 2. The Hall–Kier alpha value is -1.32. The van der Waals surface area contributed by atoms with Gasteiger partial charge < -0.3 is 10.0 Å². The summed E-state index contributed by atoms with van der Waals surface area (Å²) in [6.07, 6.45) is 4.86. The number of benzene rings is 2. The lowest BCUT2D eigenvalue weighted by atomic mass is 9.59. The van der Waals surface area contributed by atoms with Gasteiger partial charge in [-0.3, -0.25) is 0 Å². The lowest BCUT2D eigenvalue weighted by Crippen LogP contribution is -2.51. The molecule has 0 radical (unpaired) electrons. The Kier molecular flexibility index (Phi) is 5.03. The van der Waals surface area contributed by atoms with Crippen LogP contribution in [0, 0.1) is 0 Å². The van der Waals surface area contributed by atoms with E-state index in [4.69, 9.17) is 0 Å². The van der Waals surface area contributed by atoms with Crippen LogP contribution in [0.4, 0.5) is 0 Å². The van der Waals surface area contributed by atoms with Crippen molar-refractivity contribution in [1.29, 1.82) is 0 Å². The van der Waals surface area contributed by atoms with E-state index in [0.717, 1.165) is 6.54 Å². The summed E-state index contributed by atoms with van der Waals surface area (Å²) in [6, 6.07) is 19.6. The second-order valence-corrected chi connectivity index (χ2v) is 7.47. The third-order valence-electron chi connectivity index (χ3n) is 6.12. The molecule has 2 fully saturated rings. The van der Waals surface area contributed by atoms with E-state index in [0.29, 0.717) is 17.7 Å². The molecule has 4 rings (SSSR count). The van der Waals surface area contributed by atoms with Crippen molar-refractivity contribution in [3.63, 3.8) is 0 Å². The molecule has 1 aliphatic heterocycles. The maximum absolute atomic E-state index is 9.96. The van der Waals surface area contributed by atoms with Crippen molar-refractivity contribution in [2.24, 2.45) is 0 Å². The Morgan fingerprint density at radius 1 is 1.04 bits per heavy atom. The summed E-state index contributed by atoms with van der Waals surface area (Å²) in [5, 5.41) is 9.96. The zero-order chi connectivity index (χ0) is 15.9. The van der Waals surface area contributed by atoms with E-state index in [2.05, 4.69) is 48.3 Å². The highest BCUT2D eigenvalue weighted by molar-refractivity contribution is 8.93. The number of aromatic hydroxyl groups is 1. The third kappa shape index (κ3) is 3.12. The minimum Gasteiger partial charge on any atom is -0.508 e. The second kappa shape index (κ2) is 6.89. The molecule has 0 aromatic heterocycles. The number of phenols is 1. The molecule has 2 aliphatic rings. The molecule has 2 aromatic rings. The first-order valence-corrected chi connectivity index (χ1v) is 8.71. The van der Waals surface area contributed by atoms with Crippen LogP contribution in [0.3, 0.4) is 0 Å². The number of nitrogens with zero attached hydrogens (tertiary/aromatic N) is 1. The first-order chi connectivity index (χ1) is 11.2. The first kappa shape index (κ1) is 17.5. The van der Waals surface area contributed by atoms with E-state index in [9.17, 15) is 5.11 Å². The molecular weight excluding hydrogens is 362 g/mol. The smallest absolute Gasteiger partial charge is 0.115 e. The fourth-order valence-electron chi connectivity index (χ4n) is 4.81. The lowest BCUT2D eigenvalue weighted by Gasteiger charge is -2.52.